The Hall–Kier alpha value is -3.19. The van der Waals surface area contributed by atoms with Gasteiger partial charge in [0.05, 0.1) is 25.1 Å². The van der Waals surface area contributed by atoms with E-state index in [1.54, 1.807) is 25.3 Å². The summed E-state index contributed by atoms with van der Waals surface area (Å²) in [6.07, 6.45) is 0. The predicted molar refractivity (Wildman–Crippen MR) is 107 cm³/mol. The largest absolute Gasteiger partial charge is 0.496 e. The number of nitrogens with one attached hydrogen (secondary N) is 1. The number of hydrogen-bond donors (Lipinski definition) is 2. The summed E-state index contributed by atoms with van der Waals surface area (Å²) in [5, 5.41) is 0.477. The minimum absolute atomic E-state index is 0.187. The van der Waals surface area contributed by atoms with Crippen molar-refractivity contribution in [3.8, 4) is 5.75 Å². The average molecular weight is 381 g/mol. The van der Waals surface area contributed by atoms with Gasteiger partial charge in [-0.2, -0.15) is 0 Å². The van der Waals surface area contributed by atoms with Crippen LogP contribution in [0.25, 0.3) is 10.9 Å². The third-order valence-corrected chi connectivity index (χ3v) is 4.64. The van der Waals surface area contributed by atoms with Gasteiger partial charge in [-0.1, -0.05) is 23.8 Å². The number of nitrogens with zero attached hydrogens (tertiary/aromatic N) is 2. The zero-order valence-corrected chi connectivity index (χ0v) is 16.4. The quantitative estimate of drug-likeness (QED) is 0.620. The van der Waals surface area contributed by atoms with E-state index in [1.165, 1.54) is 4.57 Å². The van der Waals surface area contributed by atoms with Crippen LogP contribution in [-0.2, 0) is 24.4 Å². The summed E-state index contributed by atoms with van der Waals surface area (Å²) in [5.41, 5.74) is 7.96. The summed E-state index contributed by atoms with van der Waals surface area (Å²) in [5.74, 6) is 0.788. The monoisotopic (exact) mass is 381 g/mol. The van der Waals surface area contributed by atoms with E-state index in [1.807, 2.05) is 32.2 Å². The van der Waals surface area contributed by atoms with E-state index in [4.69, 9.17) is 10.5 Å². The molecular formula is C21H25N4O3+. The van der Waals surface area contributed by atoms with Gasteiger partial charge in [-0.3, -0.25) is 14.2 Å². The Balaban J connectivity index is 1.95. The highest BCUT2D eigenvalue weighted by atomic mass is 16.5. The van der Waals surface area contributed by atoms with E-state index >= 15 is 0 Å². The first-order valence-corrected chi connectivity index (χ1v) is 9.10. The number of amides is 1. The first-order valence-electron chi connectivity index (χ1n) is 9.10. The maximum Gasteiger partial charge on any atom is 0.262 e. The Morgan fingerprint density at radius 1 is 1.21 bits per heavy atom. The van der Waals surface area contributed by atoms with Crippen LogP contribution in [0.2, 0.25) is 0 Å². The summed E-state index contributed by atoms with van der Waals surface area (Å²) in [7, 11) is 3.66. The van der Waals surface area contributed by atoms with Crippen LogP contribution in [0.3, 0.4) is 0 Å². The molecule has 0 spiro atoms. The second kappa shape index (κ2) is 8.22. The second-order valence-electron chi connectivity index (χ2n) is 7.03. The lowest BCUT2D eigenvalue weighted by Gasteiger charge is -2.18. The lowest BCUT2D eigenvalue weighted by atomic mass is 10.1. The number of hydrogen-bond acceptors (Lipinski definition) is 4. The molecule has 0 saturated carbocycles. The lowest BCUT2D eigenvalue weighted by molar-refractivity contribution is -0.908. The molecular weight excluding hydrogens is 356 g/mol. The number of benzene rings is 2. The molecule has 0 aliphatic heterocycles. The number of aromatic nitrogens is 2. The van der Waals surface area contributed by atoms with E-state index in [9.17, 15) is 9.59 Å². The molecule has 28 heavy (non-hydrogen) atoms. The van der Waals surface area contributed by atoms with Gasteiger partial charge in [0.25, 0.3) is 5.56 Å². The number of primary amides is 1. The van der Waals surface area contributed by atoms with Gasteiger partial charge in [0.15, 0.2) is 5.82 Å². The van der Waals surface area contributed by atoms with Crippen molar-refractivity contribution in [3.63, 3.8) is 0 Å². The van der Waals surface area contributed by atoms with Gasteiger partial charge in [0.1, 0.15) is 25.4 Å². The summed E-state index contributed by atoms with van der Waals surface area (Å²) < 4.78 is 6.84. The van der Waals surface area contributed by atoms with Crippen LogP contribution in [0.1, 0.15) is 17.0 Å². The van der Waals surface area contributed by atoms with Crippen molar-refractivity contribution in [2.75, 3.05) is 14.2 Å². The van der Waals surface area contributed by atoms with Crippen LogP contribution in [-0.4, -0.2) is 29.6 Å². The maximum absolute atomic E-state index is 12.9. The molecule has 1 aromatic heterocycles. The third kappa shape index (κ3) is 4.20. The molecule has 146 valence electrons. The molecule has 7 heteroatoms. The average Bonchev–Trinajstić information content (AvgIpc) is 2.65. The summed E-state index contributed by atoms with van der Waals surface area (Å²) in [4.78, 5) is 30.1. The van der Waals surface area contributed by atoms with Crippen molar-refractivity contribution < 1.29 is 14.4 Å². The molecule has 3 N–H and O–H groups in total. The van der Waals surface area contributed by atoms with Gasteiger partial charge < -0.3 is 15.4 Å². The molecule has 0 aliphatic carbocycles. The predicted octanol–water partition coefficient (Wildman–Crippen LogP) is 0.414. The Kier molecular flexibility index (Phi) is 5.75. The normalized spacial score (nSPS) is 12.1. The number of ether oxygens (including phenoxy) is 1. The number of fused-ring (bicyclic) bond motifs is 1. The number of carbonyl (C=O) groups is 1. The van der Waals surface area contributed by atoms with Crippen LogP contribution < -0.4 is 20.9 Å². The first kappa shape index (κ1) is 19.6. The molecule has 2 aromatic carbocycles. The molecule has 0 fully saturated rings. The number of quaternary nitrogens is 1. The first-order chi connectivity index (χ1) is 13.4. The number of carbonyl (C=O) groups excluding carboxylic acids is 1. The second-order valence-corrected chi connectivity index (χ2v) is 7.03. The number of para-hydroxylation sites is 1. The Labute approximate surface area is 163 Å². The number of rotatable bonds is 7. The molecule has 0 bridgehead atoms. The molecule has 1 amide bonds. The van der Waals surface area contributed by atoms with Gasteiger partial charge in [-0.25, -0.2) is 4.98 Å². The summed E-state index contributed by atoms with van der Waals surface area (Å²) in [6, 6.07) is 13.2. The van der Waals surface area contributed by atoms with Crippen LogP contribution >= 0.6 is 0 Å². The molecule has 1 heterocycles. The van der Waals surface area contributed by atoms with Gasteiger partial charge in [-0.15, -0.1) is 0 Å². The molecule has 1 atom stereocenters. The smallest absolute Gasteiger partial charge is 0.262 e. The molecule has 0 saturated heterocycles. The standard InChI is InChI=1S/C21H24N4O3/c1-14-8-9-18(28-3)15(10-14)11-24(2)13-20-23-17-7-5-4-6-16(17)21(27)25(20)12-19(22)26/h4-10H,11-13H2,1-3H3,(H2,22,26)/p+1. The Morgan fingerprint density at radius 3 is 2.68 bits per heavy atom. The van der Waals surface area contributed by atoms with Gasteiger partial charge in [0.2, 0.25) is 5.91 Å². The molecule has 0 aliphatic rings. The molecule has 3 rings (SSSR count). The molecule has 0 radical (unpaired) electrons. The molecule has 7 nitrogen and oxygen atoms in total. The van der Waals surface area contributed by atoms with Crippen molar-refractivity contribution in [3.05, 3.63) is 69.8 Å². The highest BCUT2D eigenvalue weighted by Gasteiger charge is 2.17. The van der Waals surface area contributed by atoms with Gasteiger partial charge >= 0.3 is 0 Å². The fourth-order valence-corrected chi connectivity index (χ4v) is 3.37. The fraction of sp³-hybridized carbons (Fsp3) is 0.286. The maximum atomic E-state index is 12.9. The summed E-state index contributed by atoms with van der Waals surface area (Å²) >= 11 is 0. The molecule has 3 aromatic rings. The molecule has 1 unspecified atom stereocenters. The van der Waals surface area contributed by atoms with Crippen molar-refractivity contribution in [1.82, 2.24) is 9.55 Å². The van der Waals surface area contributed by atoms with E-state index < -0.39 is 5.91 Å². The minimum atomic E-state index is -0.571. The van der Waals surface area contributed by atoms with E-state index in [2.05, 4.69) is 11.1 Å². The van der Waals surface area contributed by atoms with Gasteiger partial charge in [-0.05, 0) is 31.2 Å². The van der Waals surface area contributed by atoms with Crippen LogP contribution in [0.15, 0.2) is 47.3 Å². The SMILES string of the molecule is COc1ccc(C)cc1C[NH+](C)Cc1nc2ccccc2c(=O)n1CC(N)=O. The number of nitrogens with two attached hydrogens (primary N) is 1. The Morgan fingerprint density at radius 2 is 1.96 bits per heavy atom. The highest BCUT2D eigenvalue weighted by molar-refractivity contribution is 5.78. The van der Waals surface area contributed by atoms with Crippen LogP contribution in [0, 0.1) is 6.92 Å². The van der Waals surface area contributed by atoms with Crippen molar-refractivity contribution in [2.24, 2.45) is 5.73 Å². The summed E-state index contributed by atoms with van der Waals surface area (Å²) in [6.45, 7) is 3.00. The van der Waals surface area contributed by atoms with E-state index in [0.29, 0.717) is 29.8 Å². The Bertz CT molecular complexity index is 1070. The topological polar surface area (TPSA) is 91.7 Å². The van der Waals surface area contributed by atoms with E-state index in [-0.39, 0.29) is 12.1 Å². The van der Waals surface area contributed by atoms with Crippen LogP contribution in [0.4, 0.5) is 0 Å². The number of methoxy groups -OCH3 is 1. The zero-order valence-electron chi connectivity index (χ0n) is 16.4. The van der Waals surface area contributed by atoms with Crippen molar-refractivity contribution in [1.29, 1.82) is 0 Å². The highest BCUT2D eigenvalue weighted by Crippen LogP contribution is 2.18. The van der Waals surface area contributed by atoms with Crippen molar-refractivity contribution in [2.45, 2.75) is 26.6 Å². The lowest BCUT2D eigenvalue weighted by Crippen LogP contribution is -3.06. The fourth-order valence-electron chi connectivity index (χ4n) is 3.37. The van der Waals surface area contributed by atoms with Crippen LogP contribution in [0.5, 0.6) is 5.75 Å². The minimum Gasteiger partial charge on any atom is -0.496 e. The van der Waals surface area contributed by atoms with E-state index in [0.717, 1.165) is 21.8 Å². The third-order valence-electron chi connectivity index (χ3n) is 4.64. The number of aryl methyl sites for hydroxylation is 1. The zero-order chi connectivity index (χ0) is 20.3. The van der Waals surface area contributed by atoms with Gasteiger partial charge in [0, 0.05) is 5.56 Å². The van der Waals surface area contributed by atoms with Crippen molar-refractivity contribution >= 4 is 16.8 Å².